The van der Waals surface area contributed by atoms with Gasteiger partial charge in [0, 0.05) is 32.1 Å². The third-order valence-electron chi connectivity index (χ3n) is 4.68. The maximum absolute atomic E-state index is 12.8. The number of benzene rings is 1. The Hall–Kier alpha value is -2.18. The molecule has 0 radical (unpaired) electrons. The molecule has 1 aliphatic rings. The summed E-state index contributed by atoms with van der Waals surface area (Å²) in [5.41, 5.74) is 4.88. The summed E-state index contributed by atoms with van der Waals surface area (Å²) in [6.45, 7) is 5.43. The smallest absolute Gasteiger partial charge is 0.270 e. The molecule has 0 spiro atoms. The molecule has 2 atom stereocenters. The highest BCUT2D eigenvalue weighted by molar-refractivity contribution is 5.94. The van der Waals surface area contributed by atoms with Gasteiger partial charge >= 0.3 is 0 Å². The quantitative estimate of drug-likeness (QED) is 0.894. The van der Waals surface area contributed by atoms with E-state index in [2.05, 4.69) is 53.7 Å². The van der Waals surface area contributed by atoms with Crippen molar-refractivity contribution in [3.05, 3.63) is 52.3 Å². The van der Waals surface area contributed by atoms with E-state index in [1.807, 2.05) is 20.9 Å². The summed E-state index contributed by atoms with van der Waals surface area (Å²) in [6, 6.07) is 8.34. The van der Waals surface area contributed by atoms with Gasteiger partial charge in [-0.2, -0.15) is 5.10 Å². The van der Waals surface area contributed by atoms with Crippen molar-refractivity contribution in [1.29, 1.82) is 0 Å². The average molecular weight is 356 g/mol. The molecular formula is C20H28N4O2. The Balaban J connectivity index is 1.69. The summed E-state index contributed by atoms with van der Waals surface area (Å²) in [4.78, 5) is 14.9. The van der Waals surface area contributed by atoms with Crippen LogP contribution in [0.4, 0.5) is 0 Å². The van der Waals surface area contributed by atoms with Gasteiger partial charge in [-0.1, -0.05) is 24.3 Å². The highest BCUT2D eigenvalue weighted by Crippen LogP contribution is 2.31. The number of nitrogens with zero attached hydrogens (tertiary/aromatic N) is 3. The van der Waals surface area contributed by atoms with E-state index in [0.717, 1.165) is 29.8 Å². The number of aryl methyl sites for hydroxylation is 1. The number of amides is 1. The lowest BCUT2D eigenvalue weighted by molar-refractivity contribution is -0.00710. The van der Waals surface area contributed by atoms with Gasteiger partial charge in [-0.25, -0.2) is 0 Å². The van der Waals surface area contributed by atoms with Gasteiger partial charge in [-0.3, -0.25) is 9.48 Å². The summed E-state index contributed by atoms with van der Waals surface area (Å²) >= 11 is 0. The Bertz CT molecular complexity index is 780. The molecule has 6 nitrogen and oxygen atoms in total. The highest BCUT2D eigenvalue weighted by Gasteiger charge is 2.31. The minimum Gasteiger partial charge on any atom is -0.369 e. The van der Waals surface area contributed by atoms with Crippen LogP contribution in [0.15, 0.2) is 24.3 Å². The molecule has 1 aromatic heterocycles. The summed E-state index contributed by atoms with van der Waals surface area (Å²) in [6.07, 6.45) is 0.735. The van der Waals surface area contributed by atoms with Crippen LogP contribution in [0.5, 0.6) is 0 Å². The maximum Gasteiger partial charge on any atom is 0.270 e. The van der Waals surface area contributed by atoms with Crippen LogP contribution < -0.4 is 5.32 Å². The van der Waals surface area contributed by atoms with Gasteiger partial charge in [-0.05, 0) is 39.1 Å². The minimum atomic E-state index is -0.0834. The molecule has 140 valence electrons. The minimum absolute atomic E-state index is 0.0780. The monoisotopic (exact) mass is 356 g/mol. The molecule has 0 saturated heterocycles. The predicted octanol–water partition coefficient (Wildman–Crippen LogP) is 2.43. The van der Waals surface area contributed by atoms with Crippen LogP contribution in [0.2, 0.25) is 0 Å². The first kappa shape index (κ1) is 18.6. The number of rotatable bonds is 5. The maximum atomic E-state index is 12.8. The van der Waals surface area contributed by atoms with E-state index in [1.165, 1.54) is 5.56 Å². The lowest BCUT2D eigenvalue weighted by atomic mass is 9.99. The van der Waals surface area contributed by atoms with Gasteiger partial charge in [0.05, 0.1) is 17.9 Å². The zero-order valence-corrected chi connectivity index (χ0v) is 16.2. The fourth-order valence-electron chi connectivity index (χ4n) is 3.54. The Morgan fingerprint density at radius 2 is 1.92 bits per heavy atom. The zero-order valence-electron chi connectivity index (χ0n) is 16.2. The van der Waals surface area contributed by atoms with Gasteiger partial charge < -0.3 is 15.0 Å². The van der Waals surface area contributed by atoms with E-state index in [9.17, 15) is 4.79 Å². The second kappa shape index (κ2) is 7.60. The summed E-state index contributed by atoms with van der Waals surface area (Å²) in [5.74, 6) is -0.0834. The second-order valence-electron chi connectivity index (χ2n) is 7.37. The van der Waals surface area contributed by atoms with Crippen LogP contribution in [-0.4, -0.2) is 40.8 Å². The number of hydrogen-bond donors (Lipinski definition) is 1. The van der Waals surface area contributed by atoms with Crippen LogP contribution in [0.25, 0.3) is 0 Å². The van der Waals surface area contributed by atoms with Crippen LogP contribution in [0, 0.1) is 0 Å². The predicted molar refractivity (Wildman–Crippen MR) is 101 cm³/mol. The van der Waals surface area contributed by atoms with Gasteiger partial charge in [0.1, 0.15) is 5.69 Å². The first-order chi connectivity index (χ1) is 12.3. The second-order valence-corrected chi connectivity index (χ2v) is 7.37. The number of aromatic nitrogens is 2. The molecule has 1 aromatic carbocycles. The molecule has 0 saturated carbocycles. The van der Waals surface area contributed by atoms with E-state index in [0.29, 0.717) is 12.2 Å². The fraction of sp³-hybridized carbons (Fsp3) is 0.500. The SMILES string of the molecule is C[C@@H]1Cc2c(nn(C)c2C(=O)NCc2ccc(CN(C)C)cc2)[C@H](C)O1. The molecule has 2 aromatic rings. The molecule has 0 bridgehead atoms. The van der Waals surface area contributed by atoms with Crippen LogP contribution in [0.3, 0.4) is 0 Å². The molecular weight excluding hydrogens is 328 g/mol. The van der Waals surface area contributed by atoms with Crippen LogP contribution in [-0.2, 0) is 31.3 Å². The normalized spacial score (nSPS) is 19.5. The number of carbonyl (C=O) groups is 1. The molecule has 6 heteroatoms. The van der Waals surface area contributed by atoms with Gasteiger partial charge in [-0.15, -0.1) is 0 Å². The van der Waals surface area contributed by atoms with E-state index >= 15 is 0 Å². The van der Waals surface area contributed by atoms with Gasteiger partial charge in [0.15, 0.2) is 0 Å². The Kier molecular flexibility index (Phi) is 5.44. The van der Waals surface area contributed by atoms with Gasteiger partial charge in [0.25, 0.3) is 5.91 Å². The number of nitrogens with one attached hydrogen (secondary N) is 1. The first-order valence-corrected chi connectivity index (χ1v) is 9.07. The van der Waals surface area contributed by atoms with Crippen molar-refractivity contribution in [3.63, 3.8) is 0 Å². The number of fused-ring (bicyclic) bond motifs is 1. The van der Waals surface area contributed by atoms with Crippen molar-refractivity contribution in [2.45, 2.75) is 45.6 Å². The lowest BCUT2D eigenvalue weighted by Crippen LogP contribution is -2.28. The van der Waals surface area contributed by atoms with Crippen molar-refractivity contribution in [2.75, 3.05) is 14.1 Å². The van der Waals surface area contributed by atoms with Crippen molar-refractivity contribution in [1.82, 2.24) is 20.0 Å². The van der Waals surface area contributed by atoms with Crippen molar-refractivity contribution in [3.8, 4) is 0 Å². The van der Waals surface area contributed by atoms with Crippen LogP contribution >= 0.6 is 0 Å². The largest absolute Gasteiger partial charge is 0.369 e. The fourth-order valence-corrected chi connectivity index (χ4v) is 3.54. The Labute approximate surface area is 155 Å². The Morgan fingerprint density at radius 3 is 2.58 bits per heavy atom. The topological polar surface area (TPSA) is 59.4 Å². The van der Waals surface area contributed by atoms with E-state index in [-0.39, 0.29) is 18.1 Å². The standard InChI is InChI=1S/C20H28N4O2/c1-13-10-17-18(14(2)26-13)22-24(5)19(17)20(25)21-11-15-6-8-16(9-7-15)12-23(3)4/h6-9,13-14H,10-12H2,1-5H3,(H,21,25)/t13-,14+/m1/s1. The van der Waals surface area contributed by atoms with E-state index < -0.39 is 0 Å². The molecule has 1 aliphatic heterocycles. The number of carbonyl (C=O) groups excluding carboxylic acids is 1. The summed E-state index contributed by atoms with van der Waals surface area (Å²) in [7, 11) is 5.92. The van der Waals surface area contributed by atoms with Gasteiger partial charge in [0.2, 0.25) is 0 Å². The third kappa shape index (κ3) is 3.97. The van der Waals surface area contributed by atoms with E-state index in [4.69, 9.17) is 4.74 Å². The average Bonchev–Trinajstić information content (AvgIpc) is 2.90. The van der Waals surface area contributed by atoms with Crippen molar-refractivity contribution in [2.24, 2.45) is 7.05 Å². The molecule has 3 rings (SSSR count). The molecule has 0 unspecified atom stereocenters. The number of ether oxygens (including phenoxy) is 1. The third-order valence-corrected chi connectivity index (χ3v) is 4.68. The van der Waals surface area contributed by atoms with E-state index in [1.54, 1.807) is 4.68 Å². The summed E-state index contributed by atoms with van der Waals surface area (Å²) < 4.78 is 7.50. The molecule has 2 heterocycles. The molecule has 0 aliphatic carbocycles. The van der Waals surface area contributed by atoms with Crippen LogP contribution in [0.1, 0.15) is 52.8 Å². The lowest BCUT2D eigenvalue weighted by Gasteiger charge is -2.24. The molecule has 0 fully saturated rings. The highest BCUT2D eigenvalue weighted by atomic mass is 16.5. The molecule has 1 amide bonds. The zero-order chi connectivity index (χ0) is 18.8. The van der Waals surface area contributed by atoms with Crippen molar-refractivity contribution < 1.29 is 9.53 Å². The Morgan fingerprint density at radius 1 is 1.27 bits per heavy atom. The molecule has 26 heavy (non-hydrogen) atoms. The first-order valence-electron chi connectivity index (χ1n) is 9.07. The summed E-state index contributed by atoms with van der Waals surface area (Å²) in [5, 5.41) is 7.54. The molecule has 1 N–H and O–H groups in total. The number of hydrogen-bond acceptors (Lipinski definition) is 4. The van der Waals surface area contributed by atoms with Crippen molar-refractivity contribution >= 4 is 5.91 Å².